The second kappa shape index (κ2) is 14.2. The van der Waals surface area contributed by atoms with Gasteiger partial charge < -0.3 is 30.5 Å². The highest BCUT2D eigenvalue weighted by Gasteiger charge is 2.46. The lowest BCUT2D eigenvalue weighted by atomic mass is 9.92. The third kappa shape index (κ3) is 7.15. The van der Waals surface area contributed by atoms with Crippen LogP contribution in [0.5, 0.6) is 5.75 Å². The van der Waals surface area contributed by atoms with Gasteiger partial charge in [-0.25, -0.2) is 26.4 Å². The zero-order valence-corrected chi connectivity index (χ0v) is 26.6. The maximum absolute atomic E-state index is 15.1. The molecule has 13 nitrogen and oxygen atoms in total. The van der Waals surface area contributed by atoms with Gasteiger partial charge in [0.1, 0.15) is 17.7 Å². The van der Waals surface area contributed by atoms with Crippen molar-refractivity contribution in [3.8, 4) is 5.75 Å². The van der Waals surface area contributed by atoms with Crippen molar-refractivity contribution >= 4 is 45.1 Å². The van der Waals surface area contributed by atoms with Gasteiger partial charge >= 0.3 is 12.1 Å². The fourth-order valence-corrected chi connectivity index (χ4v) is 6.59. The molecule has 3 amide bonds. The van der Waals surface area contributed by atoms with Gasteiger partial charge in [-0.3, -0.25) is 19.7 Å². The highest BCUT2D eigenvalue weighted by molar-refractivity contribution is 7.91. The number of amides is 3. The Morgan fingerprint density at radius 2 is 1.73 bits per heavy atom. The summed E-state index contributed by atoms with van der Waals surface area (Å²) in [4.78, 5) is 51.6. The van der Waals surface area contributed by atoms with E-state index in [1.165, 1.54) is 25.1 Å². The molecule has 0 aromatic heterocycles. The van der Waals surface area contributed by atoms with Gasteiger partial charge in [0.25, 0.3) is 5.91 Å². The second-order valence-corrected chi connectivity index (χ2v) is 12.9. The van der Waals surface area contributed by atoms with E-state index >= 15 is 4.39 Å². The van der Waals surface area contributed by atoms with Crippen LogP contribution in [0, 0.1) is 23.4 Å². The number of carbonyl (C=O) groups excluding carboxylic acids is 3. The lowest BCUT2D eigenvalue weighted by Gasteiger charge is -2.33. The van der Waals surface area contributed by atoms with Crippen LogP contribution in [-0.4, -0.2) is 68.8 Å². The summed E-state index contributed by atoms with van der Waals surface area (Å²) in [7, 11) is -1.80. The van der Waals surface area contributed by atoms with Gasteiger partial charge in [0.15, 0.2) is 21.4 Å². The molecule has 0 saturated carbocycles. The number of nitrogens with one attached hydrogen (secondary N) is 2. The Kier molecular flexibility index (Phi) is 10.5. The minimum absolute atomic E-state index is 0.0253. The van der Waals surface area contributed by atoms with Crippen molar-refractivity contribution in [3.05, 3.63) is 82.7 Å². The molecule has 17 heteroatoms. The number of rotatable bonds is 11. The van der Waals surface area contributed by atoms with Crippen LogP contribution in [0.3, 0.4) is 0 Å². The van der Waals surface area contributed by atoms with E-state index in [0.29, 0.717) is 6.07 Å². The molecule has 3 aromatic carbocycles. The van der Waals surface area contributed by atoms with E-state index in [1.807, 2.05) is 0 Å². The minimum atomic E-state index is -4.05. The summed E-state index contributed by atoms with van der Waals surface area (Å²) < 4.78 is 79.9. The smallest absolute Gasteiger partial charge is 0.411 e. The topological polar surface area (TPSA) is 194 Å². The maximum Gasteiger partial charge on any atom is 0.411 e. The summed E-state index contributed by atoms with van der Waals surface area (Å²) in [5.74, 6) is -8.94. The number of hydrogen-bond acceptors (Lipinski definition) is 9. The molecule has 3 atom stereocenters. The Bertz CT molecular complexity index is 1890. The van der Waals surface area contributed by atoms with Gasteiger partial charge in [0, 0.05) is 18.3 Å². The molecule has 1 aliphatic heterocycles. The lowest BCUT2D eigenvalue weighted by Crippen LogP contribution is -2.40. The van der Waals surface area contributed by atoms with E-state index in [2.05, 4.69) is 15.4 Å². The third-order valence-corrected chi connectivity index (χ3v) is 9.65. The van der Waals surface area contributed by atoms with Crippen LogP contribution >= 0.6 is 0 Å². The molecule has 1 fully saturated rings. The second-order valence-electron chi connectivity index (χ2n) is 10.6. The number of hydrogen-bond donors (Lipinski definition) is 4. The van der Waals surface area contributed by atoms with Crippen LogP contribution in [0.15, 0.2) is 53.4 Å². The average Bonchev–Trinajstić information content (AvgIpc) is 3.50. The predicted octanol–water partition coefficient (Wildman–Crippen LogP) is 4.01. The Morgan fingerprint density at radius 3 is 2.33 bits per heavy atom. The molecule has 1 aliphatic rings. The summed E-state index contributed by atoms with van der Waals surface area (Å²) in [6, 6.07) is 4.87. The molecule has 256 valence electrons. The fourth-order valence-electron chi connectivity index (χ4n) is 5.46. The number of carboxylic acid groups (broad SMARTS) is 1. The Hall–Kier alpha value is -5.32. The number of halogens is 3. The number of aliphatic carboxylic acids is 1. The maximum atomic E-state index is 15.1. The van der Waals surface area contributed by atoms with E-state index in [4.69, 9.17) is 10.5 Å². The number of nitrogens with zero attached hydrogens (tertiary/aromatic N) is 1. The number of ether oxygens (including phenoxy) is 2. The van der Waals surface area contributed by atoms with E-state index in [-0.39, 0.29) is 40.4 Å². The first-order chi connectivity index (χ1) is 22.6. The zero-order valence-electron chi connectivity index (χ0n) is 25.8. The number of nitrogens with two attached hydrogens (primary N) is 1. The van der Waals surface area contributed by atoms with Crippen molar-refractivity contribution in [1.82, 2.24) is 4.90 Å². The summed E-state index contributed by atoms with van der Waals surface area (Å²) in [6.07, 6.45) is -1.06. The summed E-state index contributed by atoms with van der Waals surface area (Å²) in [5.41, 5.74) is 3.82. The zero-order chi connectivity index (χ0) is 35.5. The molecular weight excluding hydrogens is 661 g/mol. The van der Waals surface area contributed by atoms with Crippen LogP contribution in [0.1, 0.15) is 46.9 Å². The molecule has 0 spiro atoms. The lowest BCUT2D eigenvalue weighted by molar-refractivity contribution is -0.143. The van der Waals surface area contributed by atoms with Crippen LogP contribution in [0.25, 0.3) is 0 Å². The summed E-state index contributed by atoms with van der Waals surface area (Å²) in [6.45, 7) is 1.13. The number of sulfone groups is 1. The Labute approximate surface area is 272 Å². The number of likely N-dealkylation sites (tertiary alicyclic amines) is 1. The summed E-state index contributed by atoms with van der Waals surface area (Å²) in [5, 5.41) is 15.2. The van der Waals surface area contributed by atoms with Crippen molar-refractivity contribution in [2.75, 3.05) is 37.2 Å². The monoisotopic (exact) mass is 692 g/mol. The molecule has 4 rings (SSSR count). The van der Waals surface area contributed by atoms with Crippen molar-refractivity contribution in [1.29, 1.82) is 0 Å². The molecule has 0 radical (unpaired) electrons. The molecule has 0 aliphatic carbocycles. The van der Waals surface area contributed by atoms with Gasteiger partial charge in [-0.2, -0.15) is 0 Å². The van der Waals surface area contributed by atoms with E-state index in [9.17, 15) is 41.5 Å². The molecule has 0 bridgehead atoms. The van der Waals surface area contributed by atoms with Crippen LogP contribution in [-0.2, 0) is 24.2 Å². The normalized spacial score (nSPS) is 16.6. The number of methoxy groups -OCH3 is 2. The van der Waals surface area contributed by atoms with Gasteiger partial charge in [0.05, 0.1) is 48.1 Å². The molecule has 5 N–H and O–H groups in total. The molecule has 3 unspecified atom stereocenters. The third-order valence-electron chi connectivity index (χ3n) is 7.85. The predicted molar refractivity (Wildman–Crippen MR) is 165 cm³/mol. The minimum Gasteiger partial charge on any atom is -0.494 e. The van der Waals surface area contributed by atoms with Gasteiger partial charge in [0.2, 0.25) is 5.91 Å². The number of primary amides is 1. The molecule has 1 saturated heterocycles. The number of carboxylic acids is 1. The van der Waals surface area contributed by atoms with Crippen molar-refractivity contribution < 1.29 is 55.3 Å². The number of carbonyl (C=O) groups is 4. The number of anilines is 2. The molecule has 3 aromatic rings. The van der Waals surface area contributed by atoms with Crippen LogP contribution in [0.4, 0.5) is 29.3 Å². The highest BCUT2D eigenvalue weighted by atomic mass is 32.2. The van der Waals surface area contributed by atoms with Crippen LogP contribution < -0.4 is 21.1 Å². The fraction of sp³-hybridized carbons (Fsp3) is 0.290. The van der Waals surface area contributed by atoms with Crippen molar-refractivity contribution in [3.63, 3.8) is 0 Å². The first kappa shape index (κ1) is 35.5. The van der Waals surface area contributed by atoms with Gasteiger partial charge in [-0.15, -0.1) is 0 Å². The summed E-state index contributed by atoms with van der Waals surface area (Å²) >= 11 is 0. The highest BCUT2D eigenvalue weighted by Crippen LogP contribution is 2.43. The van der Waals surface area contributed by atoms with Gasteiger partial charge in [-0.1, -0.05) is 13.0 Å². The molecule has 1 heterocycles. The molecular formula is C31H31F3N4O9S. The van der Waals surface area contributed by atoms with E-state index in [0.717, 1.165) is 43.4 Å². The first-order valence-corrected chi connectivity index (χ1v) is 15.9. The van der Waals surface area contributed by atoms with E-state index in [1.54, 1.807) is 0 Å². The standard InChI is InChI=1S/C31H31F3N4O9S/c1-4-48(44,45)25-8-6-16(36-31(43)47-3)12-19(25)27-17(30(41)42)9-10-38(27)29(40)26(15-5-7-20(32)24(11-15)46-2)37-23-13-18(28(35)39)21(33)14-22(23)34/h5-8,11-14,17,26-27,37H,4,9-10H2,1-3H3,(H2,35,39)(H,36,43)(H,41,42). The Balaban J connectivity index is 1.93. The SMILES string of the molecule is CCS(=O)(=O)c1ccc(NC(=O)OC)cc1C1C(C(=O)O)CCN1C(=O)C(Nc1cc(C(N)=O)c(F)cc1F)c1ccc(F)c(OC)c1. The first-order valence-electron chi connectivity index (χ1n) is 14.3. The van der Waals surface area contributed by atoms with Crippen LogP contribution in [0.2, 0.25) is 0 Å². The average molecular weight is 693 g/mol. The Morgan fingerprint density at radius 1 is 1.02 bits per heavy atom. The van der Waals surface area contributed by atoms with Crippen molar-refractivity contribution in [2.24, 2.45) is 11.7 Å². The quantitative estimate of drug-likeness (QED) is 0.228. The van der Waals surface area contributed by atoms with Crippen molar-refractivity contribution in [2.45, 2.75) is 30.3 Å². The van der Waals surface area contributed by atoms with Gasteiger partial charge in [-0.05, 0) is 53.9 Å². The molecule has 48 heavy (non-hydrogen) atoms. The number of benzene rings is 3. The van der Waals surface area contributed by atoms with E-state index < -0.39 is 86.2 Å². The largest absolute Gasteiger partial charge is 0.494 e.